The van der Waals surface area contributed by atoms with Crippen molar-refractivity contribution in [1.82, 2.24) is 0 Å². The van der Waals surface area contributed by atoms with Crippen LogP contribution in [0.1, 0.15) is 98.8 Å². The van der Waals surface area contributed by atoms with Gasteiger partial charge >= 0.3 is 0 Å². The first-order valence-corrected chi connectivity index (χ1v) is 13.1. The van der Waals surface area contributed by atoms with E-state index in [1.165, 1.54) is 57.8 Å². The summed E-state index contributed by atoms with van der Waals surface area (Å²) in [5.41, 5.74) is 0.925. The minimum atomic E-state index is -0.189. The van der Waals surface area contributed by atoms with E-state index in [9.17, 15) is 5.11 Å². The minimum absolute atomic E-state index is 0.167. The van der Waals surface area contributed by atoms with E-state index in [0.29, 0.717) is 22.9 Å². The maximum atomic E-state index is 10.4. The average Bonchev–Trinajstić information content (AvgIpc) is 3.40. The summed E-state index contributed by atoms with van der Waals surface area (Å²) in [6, 6.07) is 0. The van der Waals surface area contributed by atoms with Crippen LogP contribution in [0.4, 0.5) is 0 Å². The molecule has 1 aliphatic heterocycles. The van der Waals surface area contributed by atoms with E-state index < -0.39 is 0 Å². The molecule has 166 valence electrons. The highest BCUT2D eigenvalue weighted by atomic mass is 16.6. The fourth-order valence-corrected chi connectivity index (χ4v) is 9.65. The van der Waals surface area contributed by atoms with Gasteiger partial charge in [0.2, 0.25) is 0 Å². The highest BCUT2D eigenvalue weighted by Gasteiger charge is 2.69. The zero-order valence-electron chi connectivity index (χ0n) is 19.7. The van der Waals surface area contributed by atoms with Crippen molar-refractivity contribution in [2.45, 2.75) is 117 Å². The minimum Gasteiger partial charge on any atom is -0.390 e. The molecule has 1 saturated heterocycles. The van der Waals surface area contributed by atoms with Crippen molar-refractivity contribution in [1.29, 1.82) is 0 Å². The van der Waals surface area contributed by atoms with Crippen LogP contribution in [0.2, 0.25) is 0 Å². The second-order valence-electron chi connectivity index (χ2n) is 12.9. The lowest BCUT2D eigenvalue weighted by molar-refractivity contribution is -0.122. The molecule has 5 rings (SSSR count). The second kappa shape index (κ2) is 7.22. The van der Waals surface area contributed by atoms with E-state index in [-0.39, 0.29) is 12.2 Å². The van der Waals surface area contributed by atoms with Crippen LogP contribution in [-0.4, -0.2) is 23.4 Å². The van der Waals surface area contributed by atoms with Crippen LogP contribution in [-0.2, 0) is 4.74 Å². The van der Waals surface area contributed by atoms with Crippen LogP contribution in [0.25, 0.3) is 0 Å². The number of ether oxygens (including phenoxy) is 1. The SMILES string of the molecule is CC(C)CCC[C@@H](C)[C@H]1CC[C@H]2[C@@H]3CCC4CC(O)C5OC5[C@]4(C)[C@H]3CC[C@]12C. The monoisotopic (exact) mass is 402 g/mol. The summed E-state index contributed by atoms with van der Waals surface area (Å²) in [6.07, 6.45) is 14.2. The van der Waals surface area contributed by atoms with Gasteiger partial charge in [-0.2, -0.15) is 0 Å². The van der Waals surface area contributed by atoms with Gasteiger partial charge in [0, 0.05) is 5.41 Å². The highest BCUT2D eigenvalue weighted by Crippen LogP contribution is 2.70. The van der Waals surface area contributed by atoms with Gasteiger partial charge in [0.15, 0.2) is 0 Å². The van der Waals surface area contributed by atoms with E-state index in [1.807, 2.05) is 0 Å². The van der Waals surface area contributed by atoms with Gasteiger partial charge in [-0.05, 0) is 91.8 Å². The molecule has 4 unspecified atom stereocenters. The number of fused-ring (bicyclic) bond motifs is 7. The van der Waals surface area contributed by atoms with Crippen molar-refractivity contribution >= 4 is 0 Å². The predicted molar refractivity (Wildman–Crippen MR) is 119 cm³/mol. The summed E-state index contributed by atoms with van der Waals surface area (Å²) in [6.45, 7) is 12.6. The molecule has 1 N–H and O–H groups in total. The van der Waals surface area contributed by atoms with Crippen molar-refractivity contribution in [3.8, 4) is 0 Å². The van der Waals surface area contributed by atoms with Crippen molar-refractivity contribution in [2.75, 3.05) is 0 Å². The number of aliphatic hydroxyl groups is 1. The Labute approximate surface area is 179 Å². The molecule has 2 heteroatoms. The van der Waals surface area contributed by atoms with Gasteiger partial charge in [0.05, 0.1) is 12.2 Å². The first kappa shape index (κ1) is 20.8. The third kappa shape index (κ3) is 3.09. The lowest BCUT2D eigenvalue weighted by atomic mass is 9.44. The molecule has 2 nitrogen and oxygen atoms in total. The molecule has 5 aliphatic rings. The van der Waals surface area contributed by atoms with Crippen LogP contribution < -0.4 is 0 Å². The van der Waals surface area contributed by atoms with E-state index >= 15 is 0 Å². The summed E-state index contributed by atoms with van der Waals surface area (Å²) in [5.74, 6) is 6.10. The van der Waals surface area contributed by atoms with Gasteiger partial charge in [0.25, 0.3) is 0 Å². The van der Waals surface area contributed by atoms with Gasteiger partial charge in [-0.3, -0.25) is 0 Å². The molecule has 0 amide bonds. The molecular formula is C27H46O2. The lowest BCUT2D eigenvalue weighted by Gasteiger charge is -2.60. The molecule has 11 atom stereocenters. The van der Waals surface area contributed by atoms with Crippen LogP contribution in [0, 0.1) is 52.3 Å². The quantitative estimate of drug-likeness (QED) is 0.536. The first-order valence-electron chi connectivity index (χ1n) is 13.1. The summed E-state index contributed by atoms with van der Waals surface area (Å²) in [7, 11) is 0. The molecule has 0 aromatic rings. The lowest BCUT2D eigenvalue weighted by Crippen LogP contribution is -2.57. The number of hydrogen-bond donors (Lipinski definition) is 1. The Morgan fingerprint density at radius 2 is 1.76 bits per heavy atom. The molecule has 0 spiro atoms. The van der Waals surface area contributed by atoms with Gasteiger partial charge < -0.3 is 9.84 Å². The maximum Gasteiger partial charge on any atom is 0.111 e. The maximum absolute atomic E-state index is 10.4. The molecule has 0 aromatic heterocycles. The van der Waals surface area contributed by atoms with Crippen molar-refractivity contribution < 1.29 is 9.84 Å². The van der Waals surface area contributed by atoms with Crippen LogP contribution >= 0.6 is 0 Å². The summed E-state index contributed by atoms with van der Waals surface area (Å²) >= 11 is 0. The second-order valence-corrected chi connectivity index (χ2v) is 12.9. The standard InChI is InChI=1S/C27H46O2/c1-16(2)7-6-8-17(3)20-11-12-21-19-10-9-18-15-23(28)24-25(29-24)27(18,5)22(19)13-14-26(20,21)4/h16-25,28H,6-15H2,1-5H3/t17-,18?,19+,20-,21+,22+,23?,24?,25?,26-,27+/m1/s1. The van der Waals surface area contributed by atoms with Gasteiger partial charge in [-0.1, -0.05) is 53.9 Å². The molecule has 5 fully saturated rings. The Bertz CT molecular complexity index is 616. The molecule has 0 bridgehead atoms. The van der Waals surface area contributed by atoms with Crippen LogP contribution in [0.15, 0.2) is 0 Å². The number of aliphatic hydroxyl groups excluding tert-OH is 1. The van der Waals surface area contributed by atoms with Crippen LogP contribution in [0.5, 0.6) is 0 Å². The van der Waals surface area contributed by atoms with Gasteiger partial charge in [-0.25, -0.2) is 0 Å². The Morgan fingerprint density at radius 3 is 2.52 bits per heavy atom. The highest BCUT2D eigenvalue weighted by molar-refractivity contribution is 5.17. The number of epoxide rings is 1. The van der Waals surface area contributed by atoms with E-state index in [4.69, 9.17) is 4.74 Å². The Morgan fingerprint density at radius 1 is 0.966 bits per heavy atom. The average molecular weight is 403 g/mol. The third-order valence-corrected chi connectivity index (χ3v) is 11.2. The van der Waals surface area contributed by atoms with Crippen molar-refractivity contribution in [3.63, 3.8) is 0 Å². The molecular weight excluding hydrogens is 356 g/mol. The number of hydrogen-bond acceptors (Lipinski definition) is 2. The normalized spacial score (nSPS) is 54.3. The summed E-state index contributed by atoms with van der Waals surface area (Å²) in [4.78, 5) is 0. The van der Waals surface area contributed by atoms with Gasteiger partial charge in [-0.15, -0.1) is 0 Å². The molecule has 0 aromatic carbocycles. The Kier molecular flexibility index (Phi) is 5.18. The van der Waals surface area contributed by atoms with Crippen LogP contribution in [0.3, 0.4) is 0 Å². The Balaban J connectivity index is 1.31. The molecule has 1 heterocycles. The van der Waals surface area contributed by atoms with E-state index in [0.717, 1.165) is 41.9 Å². The molecule has 4 saturated carbocycles. The zero-order valence-corrected chi connectivity index (χ0v) is 19.7. The molecule has 4 aliphatic carbocycles. The first-order chi connectivity index (χ1) is 13.8. The van der Waals surface area contributed by atoms with E-state index in [1.54, 1.807) is 0 Å². The molecule has 29 heavy (non-hydrogen) atoms. The largest absolute Gasteiger partial charge is 0.390 e. The Hall–Kier alpha value is -0.0800. The van der Waals surface area contributed by atoms with Gasteiger partial charge in [0.1, 0.15) is 6.10 Å². The zero-order chi connectivity index (χ0) is 20.6. The summed E-state index contributed by atoms with van der Waals surface area (Å²) in [5, 5.41) is 10.4. The fourth-order valence-electron chi connectivity index (χ4n) is 9.65. The van der Waals surface area contributed by atoms with E-state index in [2.05, 4.69) is 34.6 Å². The predicted octanol–water partition coefficient (Wildman–Crippen LogP) is 6.46. The molecule has 0 radical (unpaired) electrons. The van der Waals surface area contributed by atoms with Crippen molar-refractivity contribution in [3.05, 3.63) is 0 Å². The number of rotatable bonds is 5. The smallest absolute Gasteiger partial charge is 0.111 e. The third-order valence-electron chi connectivity index (χ3n) is 11.2. The fraction of sp³-hybridized carbons (Fsp3) is 1.00. The van der Waals surface area contributed by atoms with Crippen molar-refractivity contribution in [2.24, 2.45) is 52.3 Å². The topological polar surface area (TPSA) is 32.8 Å². The summed E-state index contributed by atoms with van der Waals surface area (Å²) < 4.78 is 6.12.